The molecule has 0 spiro atoms. The van der Waals surface area contributed by atoms with Gasteiger partial charge >= 0.3 is 5.97 Å². The summed E-state index contributed by atoms with van der Waals surface area (Å²) in [5.41, 5.74) is 0.556. The maximum Gasteiger partial charge on any atom is 0.335 e. The average Bonchev–Trinajstić information content (AvgIpc) is 2.37. The van der Waals surface area contributed by atoms with Crippen LogP contribution >= 0.6 is 11.8 Å². The number of hydrogen-bond acceptors (Lipinski definition) is 4. The third-order valence-corrected chi connectivity index (χ3v) is 6.73. The van der Waals surface area contributed by atoms with Gasteiger partial charge in [0.2, 0.25) is 10.0 Å². The van der Waals surface area contributed by atoms with Crippen LogP contribution in [0.4, 0.5) is 0 Å². The zero-order chi connectivity index (χ0) is 15.8. The Labute approximate surface area is 129 Å². The van der Waals surface area contributed by atoms with Crippen LogP contribution in [0, 0.1) is 6.92 Å². The highest BCUT2D eigenvalue weighted by Gasteiger charge is 2.35. The second-order valence-corrected chi connectivity index (χ2v) is 9.44. The molecule has 0 bridgehead atoms. The fourth-order valence-electron chi connectivity index (χ4n) is 2.33. The zero-order valence-corrected chi connectivity index (χ0v) is 13.9. The van der Waals surface area contributed by atoms with Crippen LogP contribution in [-0.4, -0.2) is 47.4 Å². The summed E-state index contributed by atoms with van der Waals surface area (Å²) in [5, 5.41) is 9.05. The molecule has 116 valence electrons. The smallest absolute Gasteiger partial charge is 0.335 e. The molecule has 0 amide bonds. The van der Waals surface area contributed by atoms with Crippen molar-refractivity contribution in [2.24, 2.45) is 0 Å². The average molecular weight is 329 g/mol. The molecule has 1 aromatic rings. The normalized spacial score (nSPS) is 19.4. The number of hydrogen-bond donors (Lipinski definition) is 1. The Morgan fingerprint density at radius 1 is 1.38 bits per heavy atom. The van der Waals surface area contributed by atoms with Crippen molar-refractivity contribution in [2.75, 3.05) is 18.8 Å². The van der Waals surface area contributed by atoms with Gasteiger partial charge in [0.05, 0.1) is 10.5 Å². The van der Waals surface area contributed by atoms with Crippen molar-refractivity contribution in [1.82, 2.24) is 4.31 Å². The van der Waals surface area contributed by atoms with Crippen molar-refractivity contribution in [1.29, 1.82) is 0 Å². The van der Waals surface area contributed by atoms with Crippen LogP contribution in [0.3, 0.4) is 0 Å². The zero-order valence-electron chi connectivity index (χ0n) is 12.3. The first-order valence-electron chi connectivity index (χ1n) is 6.61. The summed E-state index contributed by atoms with van der Waals surface area (Å²) >= 11 is 1.75. The standard InChI is InChI=1S/C14H19NO4S2/c1-10-4-5-11(13(16)17)8-12(10)21(18,19)15-6-7-20-14(2,3)9-15/h4-5,8H,6-7,9H2,1-3H3,(H,16,17). The molecule has 21 heavy (non-hydrogen) atoms. The lowest BCUT2D eigenvalue weighted by Crippen LogP contribution is -2.46. The summed E-state index contributed by atoms with van der Waals surface area (Å²) in [5.74, 6) is -0.384. The topological polar surface area (TPSA) is 74.7 Å². The largest absolute Gasteiger partial charge is 0.478 e. The molecule has 7 heteroatoms. The summed E-state index contributed by atoms with van der Waals surface area (Å²) in [4.78, 5) is 11.1. The molecule has 0 unspecified atom stereocenters. The molecule has 2 rings (SSSR count). The number of thioether (sulfide) groups is 1. The fourth-order valence-corrected chi connectivity index (χ4v) is 5.49. The molecule has 1 heterocycles. The second-order valence-electron chi connectivity index (χ2n) is 5.73. The molecule has 0 saturated carbocycles. The molecule has 0 aromatic heterocycles. The van der Waals surface area contributed by atoms with E-state index in [-0.39, 0.29) is 15.2 Å². The van der Waals surface area contributed by atoms with E-state index >= 15 is 0 Å². The number of aryl methyl sites for hydroxylation is 1. The van der Waals surface area contributed by atoms with E-state index in [2.05, 4.69) is 0 Å². The number of nitrogens with zero attached hydrogens (tertiary/aromatic N) is 1. The van der Waals surface area contributed by atoms with Crippen LogP contribution in [0.5, 0.6) is 0 Å². The van der Waals surface area contributed by atoms with Gasteiger partial charge < -0.3 is 5.11 Å². The first kappa shape index (κ1) is 16.3. The third kappa shape index (κ3) is 3.41. The summed E-state index contributed by atoms with van der Waals surface area (Å²) in [6, 6.07) is 4.22. The van der Waals surface area contributed by atoms with Gasteiger partial charge in [-0.25, -0.2) is 13.2 Å². The predicted molar refractivity (Wildman–Crippen MR) is 83.4 cm³/mol. The lowest BCUT2D eigenvalue weighted by Gasteiger charge is -2.36. The van der Waals surface area contributed by atoms with Gasteiger partial charge in [-0.05, 0) is 38.5 Å². The van der Waals surface area contributed by atoms with E-state index in [4.69, 9.17) is 5.11 Å². The number of carboxylic acid groups (broad SMARTS) is 1. The number of carboxylic acids is 1. The molecular formula is C14H19NO4S2. The molecule has 1 saturated heterocycles. The summed E-state index contributed by atoms with van der Waals surface area (Å²) < 4.78 is 26.9. The van der Waals surface area contributed by atoms with Crippen LogP contribution in [-0.2, 0) is 10.0 Å². The van der Waals surface area contributed by atoms with E-state index in [1.165, 1.54) is 16.4 Å². The van der Waals surface area contributed by atoms with E-state index in [9.17, 15) is 13.2 Å². The Kier molecular flexibility index (Phi) is 4.37. The monoisotopic (exact) mass is 329 g/mol. The first-order chi connectivity index (χ1) is 9.63. The molecule has 0 radical (unpaired) electrons. The molecule has 1 fully saturated rings. The van der Waals surface area contributed by atoms with E-state index in [1.54, 1.807) is 24.8 Å². The van der Waals surface area contributed by atoms with Crippen molar-refractivity contribution >= 4 is 27.8 Å². The number of carbonyl (C=O) groups is 1. The van der Waals surface area contributed by atoms with Crippen LogP contribution in [0.15, 0.2) is 23.1 Å². The van der Waals surface area contributed by atoms with Gasteiger partial charge in [-0.15, -0.1) is 0 Å². The number of aromatic carboxylic acids is 1. The van der Waals surface area contributed by atoms with Gasteiger partial charge in [0.1, 0.15) is 0 Å². The van der Waals surface area contributed by atoms with Gasteiger partial charge in [0, 0.05) is 23.6 Å². The maximum atomic E-state index is 12.8. The van der Waals surface area contributed by atoms with Crippen molar-refractivity contribution in [2.45, 2.75) is 30.4 Å². The fraction of sp³-hybridized carbons (Fsp3) is 0.500. The molecule has 1 aliphatic heterocycles. The minimum Gasteiger partial charge on any atom is -0.478 e. The Morgan fingerprint density at radius 2 is 2.05 bits per heavy atom. The van der Waals surface area contributed by atoms with Gasteiger partial charge in [0.15, 0.2) is 0 Å². The molecular weight excluding hydrogens is 310 g/mol. The highest BCUT2D eigenvalue weighted by atomic mass is 32.2. The van der Waals surface area contributed by atoms with Crippen molar-refractivity contribution < 1.29 is 18.3 Å². The quantitative estimate of drug-likeness (QED) is 0.920. The van der Waals surface area contributed by atoms with Gasteiger partial charge in [-0.1, -0.05) is 6.07 Å². The van der Waals surface area contributed by atoms with Gasteiger partial charge in [-0.2, -0.15) is 16.1 Å². The highest BCUT2D eigenvalue weighted by Crippen LogP contribution is 2.33. The Morgan fingerprint density at radius 3 is 2.62 bits per heavy atom. The molecule has 1 aromatic carbocycles. The van der Waals surface area contributed by atoms with E-state index in [1.807, 2.05) is 13.8 Å². The minimum atomic E-state index is -3.66. The minimum absolute atomic E-state index is 0.00943. The lowest BCUT2D eigenvalue weighted by atomic mass is 10.1. The number of benzene rings is 1. The Hall–Kier alpha value is -1.05. The number of sulfonamides is 1. The molecule has 0 atom stereocenters. The summed E-state index contributed by atoms with van der Waals surface area (Å²) in [7, 11) is -3.66. The van der Waals surface area contributed by atoms with Gasteiger partial charge in [-0.3, -0.25) is 0 Å². The number of rotatable bonds is 3. The van der Waals surface area contributed by atoms with Crippen molar-refractivity contribution in [3.63, 3.8) is 0 Å². The maximum absolute atomic E-state index is 12.8. The molecule has 5 nitrogen and oxygen atoms in total. The molecule has 1 aliphatic rings. The molecule has 1 N–H and O–H groups in total. The van der Waals surface area contributed by atoms with E-state index in [0.29, 0.717) is 18.7 Å². The van der Waals surface area contributed by atoms with Crippen LogP contribution < -0.4 is 0 Å². The highest BCUT2D eigenvalue weighted by molar-refractivity contribution is 8.00. The third-order valence-electron chi connectivity index (χ3n) is 3.44. The van der Waals surface area contributed by atoms with Crippen LogP contribution in [0.2, 0.25) is 0 Å². The Balaban J connectivity index is 2.44. The van der Waals surface area contributed by atoms with E-state index in [0.717, 1.165) is 5.75 Å². The first-order valence-corrected chi connectivity index (χ1v) is 9.04. The molecule has 0 aliphatic carbocycles. The summed E-state index contributed by atoms with van der Waals surface area (Å²) in [6.45, 7) is 6.59. The summed E-state index contributed by atoms with van der Waals surface area (Å²) in [6.07, 6.45) is 0. The second kappa shape index (κ2) is 5.62. The van der Waals surface area contributed by atoms with E-state index < -0.39 is 16.0 Å². The lowest BCUT2D eigenvalue weighted by molar-refractivity contribution is 0.0696. The predicted octanol–water partition coefficient (Wildman–Crippen LogP) is 2.21. The van der Waals surface area contributed by atoms with Gasteiger partial charge in [0.25, 0.3) is 0 Å². The van der Waals surface area contributed by atoms with Crippen LogP contribution in [0.25, 0.3) is 0 Å². The van der Waals surface area contributed by atoms with Crippen molar-refractivity contribution in [3.05, 3.63) is 29.3 Å². The van der Waals surface area contributed by atoms with Crippen molar-refractivity contribution in [3.8, 4) is 0 Å². The SMILES string of the molecule is Cc1ccc(C(=O)O)cc1S(=O)(=O)N1CCSC(C)(C)C1. The Bertz CT molecular complexity index is 668. The van der Waals surface area contributed by atoms with Crippen LogP contribution in [0.1, 0.15) is 29.8 Å².